The smallest absolute Gasteiger partial charge is 0.337 e. The van der Waals surface area contributed by atoms with Crippen molar-refractivity contribution < 1.29 is 85.8 Å². The van der Waals surface area contributed by atoms with Crippen molar-refractivity contribution in [2.45, 2.75) is 68.0 Å². The third-order valence-corrected chi connectivity index (χ3v) is 20.5. The Morgan fingerprint density at radius 1 is 0.443 bits per heavy atom. The van der Waals surface area contributed by atoms with E-state index in [2.05, 4.69) is 57.0 Å². The minimum absolute atomic E-state index is 0. The first kappa shape index (κ1) is 85.1. The van der Waals surface area contributed by atoms with E-state index in [-0.39, 0.29) is 67.2 Å². The molecule has 0 saturated carbocycles. The van der Waals surface area contributed by atoms with Crippen LogP contribution < -0.4 is 15.5 Å². The van der Waals surface area contributed by atoms with Crippen LogP contribution in [0, 0.1) is 0 Å². The van der Waals surface area contributed by atoms with Crippen LogP contribution in [0.4, 0.5) is 0 Å². The molecule has 0 unspecified atom stereocenters. The van der Waals surface area contributed by atoms with Gasteiger partial charge in [0.15, 0.2) is 0 Å². The van der Waals surface area contributed by atoms with Crippen molar-refractivity contribution in [2.75, 3.05) is 62.8 Å². The van der Waals surface area contributed by atoms with Gasteiger partial charge >= 0.3 is 47.8 Å². The molecule has 8 aromatic carbocycles. The van der Waals surface area contributed by atoms with Gasteiger partial charge in [0, 0.05) is 98.1 Å². The summed E-state index contributed by atoms with van der Waals surface area (Å²) < 4.78 is 38.4. The summed E-state index contributed by atoms with van der Waals surface area (Å²) in [7, 11) is 10.8. The lowest BCUT2D eigenvalue weighted by Gasteiger charge is -2.40. The zero-order valence-corrected chi connectivity index (χ0v) is 66.3. The number of nitrogens with one attached hydrogen (secondary N) is 7. The van der Waals surface area contributed by atoms with Crippen molar-refractivity contribution in [3.8, 4) is 0 Å². The summed E-state index contributed by atoms with van der Waals surface area (Å²) in [5.41, 5.74) is 16.1. The molecule has 0 aliphatic carbocycles. The predicted molar refractivity (Wildman–Crippen MR) is 436 cm³/mol. The Morgan fingerprint density at radius 3 is 1.18 bits per heavy atom. The number of para-hydroxylation sites is 4. The number of aromatic nitrogens is 4. The van der Waals surface area contributed by atoms with Gasteiger partial charge in [-0.15, -0.1) is 11.6 Å². The molecular formula is C86H84Cl2N8O18S. The standard InChI is InChI=1S/C23H21ClN2O5.2C21H20N2O4.C12H13ClN2O2.C9H8O3.H2S/c1-30-22(28)14-9-7-13(8-10-14)21-20-16(15-5-3-4-6-17(15)25-20)11-18(23(29)31-2)26(21)19(27)12-24;2*1-26-20(24)13-9-7-12(8-10-13)18-19-15(11-17(23-18)21(25)27-2)14-5-3-4-6-16(14)22-19;1-17-12(16)11(15-13)6-8-7-14-10-5-3-2-4-9(8)10;1-12-9(11)8-4-2-7(6-10)3-5-8;/h3-10,18,21,25H,11-12H2,1-2H3;2*3-10,17-18,22-23H,11H2,1-2H3;2-5,7,11,14-15H,6H2,1H3;2-6H,1H3;1H2/t18-,21+;17-,18+;17-,18-;11-;;/m0000../s1. The third-order valence-electron chi connectivity index (χ3n) is 20.0. The Morgan fingerprint density at radius 2 is 0.809 bits per heavy atom. The van der Waals surface area contributed by atoms with Crippen molar-refractivity contribution in [1.82, 2.24) is 40.3 Å². The number of H-pyrrole nitrogens is 4. The third kappa shape index (κ3) is 19.0. The minimum Gasteiger partial charge on any atom is -0.468 e. The van der Waals surface area contributed by atoms with Gasteiger partial charge in [-0.1, -0.05) is 121 Å². The molecule has 596 valence electrons. The molecule has 7 atom stereocenters. The van der Waals surface area contributed by atoms with Crippen LogP contribution in [0.2, 0.25) is 0 Å². The fourth-order valence-electron chi connectivity index (χ4n) is 14.3. The van der Waals surface area contributed by atoms with Crippen molar-refractivity contribution in [1.29, 1.82) is 0 Å². The van der Waals surface area contributed by atoms with Crippen molar-refractivity contribution in [3.05, 3.63) is 284 Å². The zero-order valence-electron chi connectivity index (χ0n) is 63.8. The molecule has 0 spiro atoms. The van der Waals surface area contributed by atoms with Crippen LogP contribution in [0.15, 0.2) is 200 Å². The lowest BCUT2D eigenvalue weighted by Crippen LogP contribution is -2.52. The Hall–Kier alpha value is -12.4. The van der Waals surface area contributed by atoms with Crippen molar-refractivity contribution in [2.24, 2.45) is 0 Å². The first-order chi connectivity index (χ1) is 55.3. The molecule has 115 heavy (non-hydrogen) atoms. The molecule has 1 amide bonds. The van der Waals surface area contributed by atoms with E-state index in [1.54, 1.807) is 72.8 Å². The highest BCUT2D eigenvalue weighted by Crippen LogP contribution is 2.43. The van der Waals surface area contributed by atoms with Crippen LogP contribution in [0.5, 0.6) is 0 Å². The van der Waals surface area contributed by atoms with E-state index in [9.17, 15) is 47.9 Å². The SMILES string of the molecule is COC(=O)[C@H](Cc1c[nH]c2ccccc12)NCl.COC(=O)c1ccc(C=O)cc1.COC(=O)c1ccc([C@@H]2N[C@H](C(=O)OC)Cc3c2[nH]c2ccccc32)cc1.COC(=O)c1ccc([C@@H]2c3[nH]c4ccccc4c3C[C@@H](C(=O)OC)N2C(=O)CCl)cc1.COC(=O)c1ccc([C@H]2N[C@H](C(=O)OC)Cc3c2[nH]c2ccccc32)cc1.S. The number of hydrogen-bond donors (Lipinski definition) is 7. The summed E-state index contributed by atoms with van der Waals surface area (Å²) in [5, 5.41) is 11.1. The summed E-state index contributed by atoms with van der Waals surface area (Å²) in [6.45, 7) is 0. The van der Waals surface area contributed by atoms with Crippen LogP contribution in [0.3, 0.4) is 0 Å². The summed E-state index contributed by atoms with van der Waals surface area (Å²) in [6, 6.07) is 56.0. The van der Waals surface area contributed by atoms with E-state index in [1.807, 2.05) is 115 Å². The Bertz CT molecular complexity index is 5330. The molecule has 26 nitrogen and oxygen atoms in total. The van der Waals surface area contributed by atoms with Gasteiger partial charge in [0.25, 0.3) is 0 Å². The monoisotopic (exact) mass is 1620 g/mol. The molecule has 0 fully saturated rings. The van der Waals surface area contributed by atoms with Crippen LogP contribution in [0.1, 0.15) is 126 Å². The zero-order chi connectivity index (χ0) is 81.3. The quantitative estimate of drug-likeness (QED) is 0.0155. The lowest BCUT2D eigenvalue weighted by atomic mass is 9.87. The largest absolute Gasteiger partial charge is 0.468 e. The van der Waals surface area contributed by atoms with Gasteiger partial charge in [-0.25, -0.2) is 28.8 Å². The predicted octanol–water partition coefficient (Wildman–Crippen LogP) is 12.1. The number of benzene rings is 8. The van der Waals surface area contributed by atoms with Crippen LogP contribution in [-0.4, -0.2) is 172 Å². The van der Waals surface area contributed by atoms with E-state index in [0.717, 1.165) is 106 Å². The van der Waals surface area contributed by atoms with Crippen LogP contribution in [0.25, 0.3) is 43.6 Å². The number of aldehydes is 1. The van der Waals surface area contributed by atoms with E-state index in [4.69, 9.17) is 51.8 Å². The second kappa shape index (κ2) is 39.4. The van der Waals surface area contributed by atoms with Gasteiger partial charge in [0.05, 0.1) is 97.3 Å². The maximum absolute atomic E-state index is 12.9. The molecule has 4 aromatic heterocycles. The van der Waals surface area contributed by atoms with Gasteiger partial charge in [-0.3, -0.25) is 34.6 Å². The number of carbonyl (C=O) groups excluding carboxylic acids is 10. The number of ether oxygens (including phenoxy) is 8. The molecule has 7 N–H and O–H groups in total. The molecular weight excluding hydrogens is 1540 g/mol. The Kier molecular flexibility index (Phi) is 29.1. The van der Waals surface area contributed by atoms with Crippen molar-refractivity contribution in [3.63, 3.8) is 0 Å². The second-order valence-electron chi connectivity index (χ2n) is 26.3. The highest BCUT2D eigenvalue weighted by molar-refractivity contribution is 7.59. The Labute approximate surface area is 677 Å². The van der Waals surface area contributed by atoms with Gasteiger partial charge in [0.1, 0.15) is 36.3 Å². The average Bonchev–Trinajstić information content (AvgIpc) is 1.66. The highest BCUT2D eigenvalue weighted by atomic mass is 35.5. The number of alkyl halides is 1. The van der Waals surface area contributed by atoms with Crippen LogP contribution in [-0.2, 0) is 87.6 Å². The molecule has 0 bridgehead atoms. The molecule has 29 heteroatoms. The first-order valence-electron chi connectivity index (χ1n) is 35.9. The first-order valence-corrected chi connectivity index (χ1v) is 36.8. The molecule has 0 radical (unpaired) electrons. The molecule has 3 aliphatic rings. The van der Waals surface area contributed by atoms with Gasteiger partial charge in [-0.05, 0) is 124 Å². The molecule has 15 rings (SSSR count). The minimum atomic E-state index is -0.826. The summed E-state index contributed by atoms with van der Waals surface area (Å²) in [5.74, 6) is -3.73. The number of rotatable bonds is 16. The molecule has 12 aromatic rings. The van der Waals surface area contributed by atoms with Gasteiger partial charge < -0.3 is 62.7 Å². The van der Waals surface area contributed by atoms with E-state index < -0.39 is 48.1 Å². The van der Waals surface area contributed by atoms with Crippen LogP contribution >= 0.6 is 36.9 Å². The fraction of sp³-hybridized carbons (Fsp3) is 0.233. The van der Waals surface area contributed by atoms with E-state index in [1.165, 1.54) is 61.8 Å². The lowest BCUT2D eigenvalue weighted by molar-refractivity contribution is -0.154. The molecule has 3 aliphatic heterocycles. The number of hydrogen-bond acceptors (Lipinski definition) is 21. The average molecular weight is 1620 g/mol. The maximum atomic E-state index is 12.9. The summed E-state index contributed by atoms with van der Waals surface area (Å²) >= 11 is 11.5. The second-order valence-corrected chi connectivity index (χ2v) is 26.8. The number of halogens is 2. The molecule has 7 heterocycles. The number of fused-ring (bicyclic) bond motifs is 10. The number of carbonyl (C=O) groups is 10. The van der Waals surface area contributed by atoms with E-state index >= 15 is 0 Å². The summed E-state index contributed by atoms with van der Waals surface area (Å²) in [4.78, 5) is 135. The van der Waals surface area contributed by atoms with Gasteiger partial charge in [-0.2, -0.15) is 13.5 Å². The maximum Gasteiger partial charge on any atom is 0.337 e. The van der Waals surface area contributed by atoms with E-state index in [0.29, 0.717) is 53.5 Å². The number of nitrogens with zero attached hydrogens (tertiary/aromatic N) is 1. The molecule has 0 saturated heterocycles. The topological polar surface area (TPSA) is 347 Å². The number of amides is 1. The fourth-order valence-corrected chi connectivity index (χ4v) is 14.6. The van der Waals surface area contributed by atoms with Crippen molar-refractivity contribution >= 4 is 140 Å². The normalized spacial score (nSPS) is 16.4. The van der Waals surface area contributed by atoms with Gasteiger partial charge in [0.2, 0.25) is 5.91 Å². The summed E-state index contributed by atoms with van der Waals surface area (Å²) in [6.07, 6.45) is 4.52. The number of esters is 8. The number of aromatic amines is 4. The Balaban J connectivity index is 0.000000156. The number of methoxy groups -OCH3 is 8. The highest BCUT2D eigenvalue weighted by Gasteiger charge is 2.44.